The smallest absolute Gasteiger partial charge is 0.271 e. The van der Waals surface area contributed by atoms with Gasteiger partial charge in [0.1, 0.15) is 4.60 Å². The highest BCUT2D eigenvalue weighted by atomic mass is 79.9. The van der Waals surface area contributed by atoms with Crippen molar-refractivity contribution in [2.45, 2.75) is 6.92 Å². The summed E-state index contributed by atoms with van der Waals surface area (Å²) in [5, 5.41) is 1.20. The van der Waals surface area contributed by atoms with Crippen LogP contribution in [-0.2, 0) is 4.84 Å². The fourth-order valence-electron chi connectivity index (χ4n) is 0.967. The summed E-state index contributed by atoms with van der Waals surface area (Å²) in [5.41, 5.74) is 0.489. The van der Waals surface area contributed by atoms with Crippen molar-refractivity contribution in [2.24, 2.45) is 0 Å². The summed E-state index contributed by atoms with van der Waals surface area (Å²) < 4.78 is 0.525. The summed E-state index contributed by atoms with van der Waals surface area (Å²) in [6.07, 6.45) is 1.61. The van der Waals surface area contributed by atoms with Crippen LogP contribution in [0.4, 0.5) is 0 Å². The van der Waals surface area contributed by atoms with Crippen molar-refractivity contribution in [3.05, 3.63) is 28.5 Å². The monoisotopic (exact) mass is 258 g/mol. The summed E-state index contributed by atoms with van der Waals surface area (Å²) >= 11 is 3.20. The number of rotatable bonds is 3. The Kier molecular flexibility index (Phi) is 4.03. The molecule has 14 heavy (non-hydrogen) atoms. The van der Waals surface area contributed by atoms with Crippen LogP contribution in [0.2, 0.25) is 0 Å². The number of hydrogen-bond donors (Lipinski definition) is 0. The standard InChI is InChI=1S/C9H11BrN2O2/c1-3-14-12(2)9(13)7-5-4-6-11-8(7)10/h4-6H,3H2,1-2H3. The fourth-order valence-corrected chi connectivity index (χ4v) is 1.39. The molecule has 1 rings (SSSR count). The lowest BCUT2D eigenvalue weighted by Gasteiger charge is -2.15. The van der Waals surface area contributed by atoms with E-state index in [1.54, 1.807) is 25.4 Å². The number of aromatic nitrogens is 1. The van der Waals surface area contributed by atoms with Gasteiger partial charge in [0.15, 0.2) is 0 Å². The molecule has 76 valence electrons. The molecule has 0 N–H and O–H groups in total. The first-order valence-electron chi connectivity index (χ1n) is 4.18. The molecule has 1 amide bonds. The van der Waals surface area contributed by atoms with Gasteiger partial charge < -0.3 is 0 Å². The molecule has 0 unspecified atom stereocenters. The number of hydroxylamine groups is 2. The molecule has 0 saturated heterocycles. The Balaban J connectivity index is 2.84. The van der Waals surface area contributed by atoms with Crippen molar-refractivity contribution in [2.75, 3.05) is 13.7 Å². The SMILES string of the molecule is CCON(C)C(=O)c1cccnc1Br. The lowest BCUT2D eigenvalue weighted by molar-refractivity contribution is -0.100. The lowest BCUT2D eigenvalue weighted by Crippen LogP contribution is -2.27. The minimum absolute atomic E-state index is 0.216. The maximum Gasteiger partial charge on any atom is 0.279 e. The highest BCUT2D eigenvalue weighted by Gasteiger charge is 2.14. The van der Waals surface area contributed by atoms with E-state index in [2.05, 4.69) is 20.9 Å². The van der Waals surface area contributed by atoms with Crippen molar-refractivity contribution in [3.63, 3.8) is 0 Å². The Morgan fingerprint density at radius 1 is 1.71 bits per heavy atom. The van der Waals surface area contributed by atoms with Gasteiger partial charge in [-0.25, -0.2) is 10.0 Å². The molecule has 1 aromatic heterocycles. The Morgan fingerprint density at radius 3 is 3.00 bits per heavy atom. The zero-order chi connectivity index (χ0) is 10.6. The molecule has 0 aliphatic carbocycles. The van der Waals surface area contributed by atoms with Crippen LogP contribution in [0.25, 0.3) is 0 Å². The molecule has 1 heterocycles. The molecule has 4 nitrogen and oxygen atoms in total. The average molecular weight is 259 g/mol. The van der Waals surface area contributed by atoms with Crippen LogP contribution in [0.5, 0.6) is 0 Å². The minimum Gasteiger partial charge on any atom is -0.271 e. The first kappa shape index (κ1) is 11.1. The van der Waals surface area contributed by atoms with Crippen LogP contribution >= 0.6 is 15.9 Å². The van der Waals surface area contributed by atoms with Gasteiger partial charge in [-0.05, 0) is 35.0 Å². The van der Waals surface area contributed by atoms with Crippen molar-refractivity contribution in [1.29, 1.82) is 0 Å². The summed E-state index contributed by atoms with van der Waals surface area (Å²) in [7, 11) is 1.57. The Morgan fingerprint density at radius 2 is 2.43 bits per heavy atom. The zero-order valence-corrected chi connectivity index (χ0v) is 9.61. The fraction of sp³-hybridized carbons (Fsp3) is 0.333. The van der Waals surface area contributed by atoms with Crippen molar-refractivity contribution >= 4 is 21.8 Å². The molecule has 0 aromatic carbocycles. The topological polar surface area (TPSA) is 42.4 Å². The van der Waals surface area contributed by atoms with Crippen LogP contribution in [0.1, 0.15) is 17.3 Å². The van der Waals surface area contributed by atoms with Crippen LogP contribution in [0, 0.1) is 0 Å². The second-order valence-electron chi connectivity index (χ2n) is 2.56. The van der Waals surface area contributed by atoms with Gasteiger partial charge in [0, 0.05) is 13.2 Å². The molecular weight excluding hydrogens is 248 g/mol. The number of carbonyl (C=O) groups excluding carboxylic acids is 1. The number of nitrogens with zero attached hydrogens (tertiary/aromatic N) is 2. The highest BCUT2D eigenvalue weighted by Crippen LogP contribution is 2.14. The summed E-state index contributed by atoms with van der Waals surface area (Å²) in [4.78, 5) is 20.7. The Hall–Kier alpha value is -0.940. The van der Waals surface area contributed by atoms with E-state index >= 15 is 0 Å². The first-order chi connectivity index (χ1) is 6.66. The molecule has 5 heteroatoms. The van der Waals surface area contributed by atoms with E-state index in [0.29, 0.717) is 16.8 Å². The molecule has 0 spiro atoms. The predicted molar refractivity (Wildman–Crippen MR) is 55.7 cm³/mol. The first-order valence-corrected chi connectivity index (χ1v) is 4.97. The van der Waals surface area contributed by atoms with E-state index < -0.39 is 0 Å². The third-order valence-corrected chi connectivity index (χ3v) is 2.23. The number of amides is 1. The molecule has 0 bridgehead atoms. The van der Waals surface area contributed by atoms with Crippen molar-refractivity contribution < 1.29 is 9.63 Å². The second-order valence-corrected chi connectivity index (χ2v) is 3.31. The molecule has 0 aliphatic heterocycles. The predicted octanol–water partition coefficient (Wildman–Crippen LogP) is 1.87. The van der Waals surface area contributed by atoms with E-state index in [-0.39, 0.29) is 5.91 Å². The molecule has 1 aromatic rings. The quantitative estimate of drug-likeness (QED) is 0.614. The van der Waals surface area contributed by atoms with E-state index in [1.165, 1.54) is 5.06 Å². The molecule has 0 aliphatic rings. The van der Waals surface area contributed by atoms with Gasteiger partial charge in [-0.15, -0.1) is 0 Å². The van der Waals surface area contributed by atoms with Gasteiger partial charge in [-0.3, -0.25) is 9.63 Å². The van der Waals surface area contributed by atoms with E-state index in [1.807, 2.05) is 6.92 Å². The highest BCUT2D eigenvalue weighted by molar-refractivity contribution is 9.10. The normalized spacial score (nSPS) is 9.93. The maximum atomic E-state index is 11.7. The van der Waals surface area contributed by atoms with Crippen molar-refractivity contribution in [3.8, 4) is 0 Å². The number of halogens is 1. The van der Waals surface area contributed by atoms with Crippen LogP contribution in [0.15, 0.2) is 22.9 Å². The number of pyridine rings is 1. The van der Waals surface area contributed by atoms with Gasteiger partial charge >= 0.3 is 0 Å². The second kappa shape index (κ2) is 5.07. The molecule has 0 atom stereocenters. The van der Waals surface area contributed by atoms with E-state index in [0.717, 1.165) is 0 Å². The largest absolute Gasteiger partial charge is 0.279 e. The molecule has 0 fully saturated rings. The third-order valence-electron chi connectivity index (χ3n) is 1.60. The summed E-state index contributed by atoms with van der Waals surface area (Å²) in [6, 6.07) is 3.40. The maximum absolute atomic E-state index is 11.7. The van der Waals surface area contributed by atoms with Crippen LogP contribution in [-0.4, -0.2) is 29.6 Å². The number of carbonyl (C=O) groups is 1. The molecule has 0 radical (unpaired) electrons. The van der Waals surface area contributed by atoms with Gasteiger partial charge in [0.2, 0.25) is 0 Å². The van der Waals surface area contributed by atoms with Gasteiger partial charge in [-0.1, -0.05) is 0 Å². The van der Waals surface area contributed by atoms with E-state index in [9.17, 15) is 4.79 Å². The zero-order valence-electron chi connectivity index (χ0n) is 8.03. The minimum atomic E-state index is -0.216. The average Bonchev–Trinajstić information content (AvgIpc) is 2.18. The molecule has 0 saturated carbocycles. The van der Waals surface area contributed by atoms with E-state index in [4.69, 9.17) is 4.84 Å². The lowest BCUT2D eigenvalue weighted by atomic mass is 10.3. The van der Waals surface area contributed by atoms with Crippen LogP contribution < -0.4 is 0 Å². The summed E-state index contributed by atoms with van der Waals surface area (Å²) in [5.74, 6) is -0.216. The molecular formula is C9H11BrN2O2. The van der Waals surface area contributed by atoms with Gasteiger partial charge in [-0.2, -0.15) is 0 Å². The summed E-state index contributed by atoms with van der Waals surface area (Å²) in [6.45, 7) is 2.28. The van der Waals surface area contributed by atoms with Gasteiger partial charge in [0.05, 0.1) is 12.2 Å². The van der Waals surface area contributed by atoms with Crippen LogP contribution in [0.3, 0.4) is 0 Å². The van der Waals surface area contributed by atoms with Crippen molar-refractivity contribution in [1.82, 2.24) is 10.0 Å². The Labute approximate surface area is 91.0 Å². The third kappa shape index (κ3) is 2.52. The number of hydrogen-bond acceptors (Lipinski definition) is 3. The Bertz CT molecular complexity index is 330. The van der Waals surface area contributed by atoms with Gasteiger partial charge in [0.25, 0.3) is 5.91 Å².